The molecule has 1 aliphatic heterocycles. The largest absolute Gasteiger partial charge is 0.478 e. The average Bonchev–Trinajstić information content (AvgIpc) is 3.60. The maximum atomic E-state index is 13.6. The summed E-state index contributed by atoms with van der Waals surface area (Å²) in [5.74, 6) is 1.76. The number of carboxylic acids is 1. The van der Waals surface area contributed by atoms with Gasteiger partial charge in [-0.3, -0.25) is 9.59 Å². The normalized spacial score (nSPS) is 41.4. The third kappa shape index (κ3) is 4.73. The molecule has 1 aromatic rings. The summed E-state index contributed by atoms with van der Waals surface area (Å²) in [6, 6.07) is 7.52. The van der Waals surface area contributed by atoms with Gasteiger partial charge in [-0.2, -0.15) is 0 Å². The molecule has 6 heteroatoms. The first-order chi connectivity index (χ1) is 22.6. The van der Waals surface area contributed by atoms with Crippen LogP contribution < -0.4 is 5.32 Å². The van der Waals surface area contributed by atoms with Gasteiger partial charge in [-0.1, -0.05) is 65.0 Å². The van der Waals surface area contributed by atoms with E-state index in [1.807, 2.05) is 12.1 Å². The van der Waals surface area contributed by atoms with E-state index in [1.54, 1.807) is 17.0 Å². The van der Waals surface area contributed by atoms with Crippen molar-refractivity contribution < 1.29 is 19.5 Å². The van der Waals surface area contributed by atoms with Crippen LogP contribution in [0.15, 0.2) is 42.5 Å². The van der Waals surface area contributed by atoms with Crippen molar-refractivity contribution in [3.8, 4) is 0 Å². The van der Waals surface area contributed by atoms with Gasteiger partial charge in [0.25, 0.3) is 0 Å². The summed E-state index contributed by atoms with van der Waals surface area (Å²) in [5.41, 5.74) is 4.46. The molecule has 7 rings (SSSR count). The van der Waals surface area contributed by atoms with Crippen LogP contribution in [0.5, 0.6) is 0 Å². The maximum Gasteiger partial charge on any atom is 0.335 e. The lowest BCUT2D eigenvalue weighted by atomic mass is 9.33. The van der Waals surface area contributed by atoms with E-state index < -0.39 is 5.97 Å². The van der Waals surface area contributed by atoms with Gasteiger partial charge in [0, 0.05) is 18.5 Å². The van der Waals surface area contributed by atoms with Crippen LogP contribution in [0.3, 0.4) is 0 Å². The van der Waals surface area contributed by atoms with Crippen molar-refractivity contribution in [2.45, 2.75) is 118 Å². The Hall–Kier alpha value is -2.89. The minimum absolute atomic E-state index is 0.0178. The van der Waals surface area contributed by atoms with Gasteiger partial charge in [0.1, 0.15) is 0 Å². The van der Waals surface area contributed by atoms with E-state index in [0.717, 1.165) is 44.1 Å². The number of carboxylic acid groups (broad SMARTS) is 1. The van der Waals surface area contributed by atoms with Gasteiger partial charge >= 0.3 is 5.97 Å². The number of benzene rings is 1. The first-order valence-electron chi connectivity index (χ1n) is 18.9. The van der Waals surface area contributed by atoms with Gasteiger partial charge in [0.15, 0.2) is 0 Å². The molecule has 6 aliphatic rings. The van der Waals surface area contributed by atoms with Crippen LogP contribution in [0.4, 0.5) is 0 Å². The molecule has 0 aromatic heterocycles. The molecule has 1 aromatic carbocycles. The first-order valence-corrected chi connectivity index (χ1v) is 18.9. The standard InChI is InChI=1S/C42H58N2O4/c1-26(2)29-16-21-42(43-34(45)25-44-24-8-9-35(44)46)23-22-40(6)31(36(29)42)14-15-33-39(5)19-17-30(27-10-12-28(13-11-27)37(47)48)38(3,4)32(39)18-20-41(33,40)7/h10-13,17,29,31-33,36H,1,8-9,14-16,18-25H2,2-7H3,(H,43,45)(H,47,48)/t29-,31+,32-,33+,36+,39-,40+,41+,42-/m0/s1. The number of carbonyl (C=O) groups excluding carboxylic acids is 2. The number of likely N-dealkylation sites (tertiary alicyclic amines) is 1. The molecular weight excluding hydrogens is 596 g/mol. The molecule has 1 saturated heterocycles. The van der Waals surface area contributed by atoms with E-state index in [2.05, 4.69) is 59.5 Å². The highest BCUT2D eigenvalue weighted by Gasteiger charge is 2.70. The fraction of sp³-hybridized carbons (Fsp3) is 0.690. The lowest BCUT2D eigenvalue weighted by Gasteiger charge is -2.72. The number of amides is 2. The highest BCUT2D eigenvalue weighted by molar-refractivity contribution is 5.88. The molecule has 0 unspecified atom stereocenters. The second kappa shape index (κ2) is 11.3. The SMILES string of the molecule is C=C(C)[C@@H]1CC[C@]2(NC(=O)CN3CCCC3=O)CC[C@]3(C)[C@H](CC[C@@H]4[C@@]5(C)CC=C(c6ccc(C(=O)O)cc6)C(C)(C)[C@@H]5CC[C@]43C)[C@@H]12. The Bertz CT molecular complexity index is 1560. The van der Waals surface area contributed by atoms with E-state index in [0.29, 0.717) is 48.1 Å². The van der Waals surface area contributed by atoms with Crippen LogP contribution in [0.2, 0.25) is 0 Å². The number of nitrogens with zero attached hydrogens (tertiary/aromatic N) is 1. The fourth-order valence-electron chi connectivity index (χ4n) is 13.6. The van der Waals surface area contributed by atoms with Crippen LogP contribution in [-0.4, -0.2) is 46.4 Å². The second-order valence-corrected chi connectivity index (χ2v) is 18.2. The summed E-state index contributed by atoms with van der Waals surface area (Å²) in [6.45, 7) is 20.4. The molecule has 1 heterocycles. The number of aromatic carboxylic acids is 1. The predicted molar refractivity (Wildman–Crippen MR) is 190 cm³/mol. The minimum Gasteiger partial charge on any atom is -0.478 e. The molecule has 0 radical (unpaired) electrons. The molecule has 9 atom stereocenters. The number of hydrogen-bond acceptors (Lipinski definition) is 3. The van der Waals surface area contributed by atoms with E-state index in [-0.39, 0.29) is 45.6 Å². The van der Waals surface area contributed by atoms with E-state index >= 15 is 0 Å². The van der Waals surface area contributed by atoms with Crippen molar-refractivity contribution in [3.63, 3.8) is 0 Å². The van der Waals surface area contributed by atoms with Crippen LogP contribution in [0.25, 0.3) is 5.57 Å². The molecular formula is C42H58N2O4. The van der Waals surface area contributed by atoms with Crippen molar-refractivity contribution in [2.24, 2.45) is 51.2 Å². The maximum absolute atomic E-state index is 13.6. The molecule has 5 aliphatic carbocycles. The fourth-order valence-corrected chi connectivity index (χ4v) is 13.6. The van der Waals surface area contributed by atoms with Crippen molar-refractivity contribution in [2.75, 3.05) is 13.1 Å². The van der Waals surface area contributed by atoms with Crippen molar-refractivity contribution in [1.82, 2.24) is 10.2 Å². The Balaban J connectivity index is 1.19. The zero-order valence-corrected chi connectivity index (χ0v) is 30.3. The lowest BCUT2D eigenvalue weighted by molar-refractivity contribution is -0.219. The number of carbonyl (C=O) groups is 3. The minimum atomic E-state index is -0.880. The Kier molecular flexibility index (Phi) is 7.92. The smallest absolute Gasteiger partial charge is 0.335 e. The van der Waals surface area contributed by atoms with Gasteiger partial charge < -0.3 is 15.3 Å². The molecule has 4 saturated carbocycles. The zero-order valence-electron chi connectivity index (χ0n) is 30.3. The van der Waals surface area contributed by atoms with Gasteiger partial charge in [-0.15, -0.1) is 0 Å². The summed E-state index contributed by atoms with van der Waals surface area (Å²) < 4.78 is 0. The number of allylic oxidation sites excluding steroid dienone is 3. The summed E-state index contributed by atoms with van der Waals surface area (Å²) in [6.07, 6.45) is 14.1. The van der Waals surface area contributed by atoms with Crippen molar-refractivity contribution >= 4 is 23.4 Å². The summed E-state index contributed by atoms with van der Waals surface area (Å²) in [7, 11) is 0. The van der Waals surface area contributed by atoms with Gasteiger partial charge in [-0.05, 0) is 146 Å². The first kappa shape index (κ1) is 33.6. The molecule has 5 fully saturated rings. The van der Waals surface area contributed by atoms with E-state index in [4.69, 9.17) is 0 Å². The van der Waals surface area contributed by atoms with Gasteiger partial charge in [0.05, 0.1) is 12.1 Å². The Morgan fingerprint density at radius 3 is 2.31 bits per heavy atom. The number of hydrogen-bond donors (Lipinski definition) is 2. The summed E-state index contributed by atoms with van der Waals surface area (Å²) >= 11 is 0. The highest BCUT2D eigenvalue weighted by atomic mass is 16.4. The molecule has 0 bridgehead atoms. The molecule has 2 N–H and O–H groups in total. The van der Waals surface area contributed by atoms with Crippen LogP contribution in [-0.2, 0) is 9.59 Å². The van der Waals surface area contributed by atoms with Crippen LogP contribution in [0, 0.1) is 51.2 Å². The lowest BCUT2D eigenvalue weighted by Crippen LogP contribution is -2.68. The third-order valence-corrected chi connectivity index (χ3v) is 16.0. The van der Waals surface area contributed by atoms with Crippen molar-refractivity contribution in [3.05, 3.63) is 53.6 Å². The summed E-state index contributed by atoms with van der Waals surface area (Å²) in [4.78, 5) is 39.3. The van der Waals surface area contributed by atoms with E-state index in [9.17, 15) is 19.5 Å². The van der Waals surface area contributed by atoms with Crippen LogP contribution >= 0.6 is 0 Å². The van der Waals surface area contributed by atoms with Crippen molar-refractivity contribution in [1.29, 1.82) is 0 Å². The van der Waals surface area contributed by atoms with Gasteiger partial charge in [0.2, 0.25) is 11.8 Å². The summed E-state index contributed by atoms with van der Waals surface area (Å²) in [5, 5.41) is 13.1. The molecule has 48 heavy (non-hydrogen) atoms. The Labute approximate surface area is 288 Å². The topological polar surface area (TPSA) is 86.7 Å². The van der Waals surface area contributed by atoms with Crippen LogP contribution in [0.1, 0.15) is 128 Å². The Morgan fingerprint density at radius 1 is 0.938 bits per heavy atom. The average molecular weight is 655 g/mol. The number of fused-ring (bicyclic) bond motifs is 7. The quantitative estimate of drug-likeness (QED) is 0.301. The molecule has 2 amide bonds. The van der Waals surface area contributed by atoms with E-state index in [1.165, 1.54) is 36.8 Å². The highest BCUT2D eigenvalue weighted by Crippen LogP contribution is 2.76. The second-order valence-electron chi connectivity index (χ2n) is 18.2. The number of rotatable bonds is 6. The monoisotopic (exact) mass is 654 g/mol. The number of nitrogens with one attached hydrogen (secondary N) is 1. The molecule has 6 nitrogen and oxygen atoms in total. The Morgan fingerprint density at radius 2 is 1.67 bits per heavy atom. The predicted octanol–water partition coefficient (Wildman–Crippen LogP) is 8.53. The molecule has 0 spiro atoms. The third-order valence-electron chi connectivity index (χ3n) is 16.0. The zero-order chi connectivity index (χ0) is 34.4. The molecule has 260 valence electrons. The van der Waals surface area contributed by atoms with Gasteiger partial charge in [-0.25, -0.2) is 4.79 Å².